The van der Waals surface area contributed by atoms with Gasteiger partial charge in [-0.05, 0) is 34.1 Å². The summed E-state index contributed by atoms with van der Waals surface area (Å²) < 4.78 is 104. The van der Waals surface area contributed by atoms with Gasteiger partial charge in [0, 0.05) is 6.20 Å². The maximum absolute atomic E-state index is 13.1. The molecule has 3 heterocycles. The van der Waals surface area contributed by atoms with Crippen LogP contribution in [0.5, 0.6) is 0 Å². The van der Waals surface area contributed by atoms with E-state index in [1.165, 1.54) is 11.3 Å². The third-order valence-corrected chi connectivity index (χ3v) is 7.63. The average Bonchev–Trinajstić information content (AvgIpc) is 3.16. The number of imidazole rings is 1. The molecule has 3 aromatic heterocycles. The molecule has 152 valence electrons. The summed E-state index contributed by atoms with van der Waals surface area (Å²) >= 11 is 3.26. The summed E-state index contributed by atoms with van der Waals surface area (Å²) in [7, 11) is -4.04. The van der Waals surface area contributed by atoms with Crippen molar-refractivity contribution in [3.8, 4) is 10.6 Å². The lowest BCUT2D eigenvalue weighted by Crippen LogP contribution is -2.05. The van der Waals surface area contributed by atoms with Crippen molar-refractivity contribution >= 4 is 42.8 Å². The van der Waals surface area contributed by atoms with Gasteiger partial charge >= 0.3 is 12.4 Å². The Morgan fingerprint density at radius 2 is 1.79 bits per heavy atom. The number of nitrogens with zero attached hydrogens (tertiary/aromatic N) is 2. The second-order valence-electron chi connectivity index (χ2n) is 5.60. The molecule has 3 rings (SSSR count). The summed E-state index contributed by atoms with van der Waals surface area (Å²) in [5.74, 6) is -0.447. The number of fused-ring (bicyclic) bond motifs is 1. The Kier molecular flexibility index (Phi) is 5.08. The largest absolute Gasteiger partial charge is 0.425 e. The summed E-state index contributed by atoms with van der Waals surface area (Å²) in [5.41, 5.74) is -1.38. The van der Waals surface area contributed by atoms with Gasteiger partial charge in [0.1, 0.15) is 20.8 Å². The van der Waals surface area contributed by atoms with Crippen LogP contribution in [0, 0.1) is 0 Å². The molecule has 0 saturated carbocycles. The van der Waals surface area contributed by atoms with Crippen molar-refractivity contribution in [3.63, 3.8) is 0 Å². The van der Waals surface area contributed by atoms with Crippen molar-refractivity contribution in [2.75, 3.05) is 5.75 Å². The molecule has 0 spiro atoms. The lowest BCUT2D eigenvalue weighted by atomic mass is 10.2. The highest BCUT2D eigenvalue weighted by Crippen LogP contribution is 2.45. The van der Waals surface area contributed by atoms with Crippen LogP contribution in [0.15, 0.2) is 33.9 Å². The minimum atomic E-state index is -4.78. The first kappa shape index (κ1) is 21.1. The standard InChI is InChI=1S/C15H9BrF6N2O2S2/c1-2-28(25,26)8-6-9(15(20,21)22)27-12(8)11-13(16)24-4-3-7(14(17,18)19)5-10(24)23-11/h3-6H,2H2,1H3. The summed E-state index contributed by atoms with van der Waals surface area (Å²) in [6.45, 7) is 1.28. The van der Waals surface area contributed by atoms with Gasteiger partial charge in [-0.2, -0.15) is 26.3 Å². The molecule has 28 heavy (non-hydrogen) atoms. The van der Waals surface area contributed by atoms with Crippen molar-refractivity contribution < 1.29 is 34.8 Å². The first-order chi connectivity index (χ1) is 12.8. The van der Waals surface area contributed by atoms with E-state index >= 15 is 0 Å². The van der Waals surface area contributed by atoms with Crippen LogP contribution in [0.1, 0.15) is 17.4 Å². The number of hydrogen-bond acceptors (Lipinski definition) is 4. The van der Waals surface area contributed by atoms with Gasteiger partial charge in [0.05, 0.1) is 21.1 Å². The minimum Gasteiger partial charge on any atom is -0.294 e. The number of sulfone groups is 1. The fourth-order valence-corrected chi connectivity index (χ4v) is 5.60. The number of alkyl halides is 6. The molecule has 0 radical (unpaired) electrons. The molecule has 13 heteroatoms. The van der Waals surface area contributed by atoms with Crippen LogP contribution in [0.2, 0.25) is 0 Å². The maximum Gasteiger partial charge on any atom is 0.425 e. The van der Waals surface area contributed by atoms with Crippen LogP contribution in [0.4, 0.5) is 26.3 Å². The number of rotatable bonds is 3. The molecule has 0 saturated heterocycles. The molecule has 0 aliphatic rings. The van der Waals surface area contributed by atoms with E-state index < -0.39 is 43.3 Å². The highest BCUT2D eigenvalue weighted by Gasteiger charge is 2.37. The van der Waals surface area contributed by atoms with Crippen LogP contribution >= 0.6 is 27.3 Å². The first-order valence-electron chi connectivity index (χ1n) is 7.44. The van der Waals surface area contributed by atoms with Gasteiger partial charge in [0.2, 0.25) is 0 Å². The summed E-state index contributed by atoms with van der Waals surface area (Å²) in [4.78, 5) is 1.96. The molecular formula is C15H9BrF6N2O2S2. The number of thiophene rings is 1. The molecule has 0 aliphatic heterocycles. The van der Waals surface area contributed by atoms with Crippen molar-refractivity contribution in [1.29, 1.82) is 0 Å². The second kappa shape index (κ2) is 6.73. The molecule has 0 atom stereocenters. The molecule has 0 aromatic carbocycles. The fraction of sp³-hybridized carbons (Fsp3) is 0.267. The van der Waals surface area contributed by atoms with Crippen LogP contribution in [-0.2, 0) is 22.2 Å². The average molecular weight is 507 g/mol. The lowest BCUT2D eigenvalue weighted by molar-refractivity contribution is -0.137. The summed E-state index contributed by atoms with van der Waals surface area (Å²) in [6.07, 6.45) is -8.37. The van der Waals surface area contributed by atoms with Crippen molar-refractivity contribution in [1.82, 2.24) is 9.38 Å². The van der Waals surface area contributed by atoms with Crippen LogP contribution in [0.3, 0.4) is 0 Å². The van der Waals surface area contributed by atoms with E-state index in [0.29, 0.717) is 6.07 Å². The molecule has 0 bridgehead atoms. The van der Waals surface area contributed by atoms with Gasteiger partial charge in [0.15, 0.2) is 9.84 Å². The van der Waals surface area contributed by atoms with Gasteiger partial charge in [-0.3, -0.25) is 4.40 Å². The zero-order chi connectivity index (χ0) is 21.1. The number of aromatic nitrogens is 2. The van der Waals surface area contributed by atoms with Gasteiger partial charge in [-0.25, -0.2) is 13.4 Å². The Morgan fingerprint density at radius 1 is 1.14 bits per heavy atom. The highest BCUT2D eigenvalue weighted by atomic mass is 79.9. The zero-order valence-corrected chi connectivity index (χ0v) is 16.9. The predicted molar refractivity (Wildman–Crippen MR) is 93.9 cm³/mol. The second-order valence-corrected chi connectivity index (χ2v) is 9.65. The van der Waals surface area contributed by atoms with E-state index in [-0.39, 0.29) is 32.2 Å². The van der Waals surface area contributed by atoms with E-state index in [2.05, 4.69) is 20.9 Å². The number of hydrogen-bond donors (Lipinski definition) is 0. The topological polar surface area (TPSA) is 51.4 Å². The van der Waals surface area contributed by atoms with Gasteiger partial charge in [-0.15, -0.1) is 11.3 Å². The molecule has 0 unspecified atom stereocenters. The zero-order valence-electron chi connectivity index (χ0n) is 13.7. The number of pyridine rings is 1. The fourth-order valence-electron chi connectivity index (χ4n) is 2.40. The maximum atomic E-state index is 13.1. The molecule has 0 N–H and O–H groups in total. The molecule has 0 aliphatic carbocycles. The van der Waals surface area contributed by atoms with E-state index in [0.717, 1.165) is 18.3 Å². The predicted octanol–water partition coefficient (Wildman–Crippen LogP) is 5.66. The van der Waals surface area contributed by atoms with Gasteiger partial charge < -0.3 is 0 Å². The van der Waals surface area contributed by atoms with E-state index in [1.54, 1.807) is 0 Å². The van der Waals surface area contributed by atoms with Crippen LogP contribution in [0.25, 0.3) is 16.2 Å². The van der Waals surface area contributed by atoms with Gasteiger partial charge in [0.25, 0.3) is 0 Å². The normalized spacial score (nSPS) is 13.4. The van der Waals surface area contributed by atoms with Crippen molar-refractivity contribution in [2.24, 2.45) is 0 Å². The first-order valence-corrected chi connectivity index (χ1v) is 10.7. The highest BCUT2D eigenvalue weighted by molar-refractivity contribution is 9.10. The Labute approximate surface area is 166 Å². The third kappa shape index (κ3) is 3.66. The minimum absolute atomic E-state index is 0.0411. The molecule has 3 aromatic rings. The monoisotopic (exact) mass is 506 g/mol. The lowest BCUT2D eigenvalue weighted by Gasteiger charge is -2.06. The molecule has 4 nitrogen and oxygen atoms in total. The quantitative estimate of drug-likeness (QED) is 0.431. The Hall–Kier alpha value is -1.60. The Morgan fingerprint density at radius 3 is 2.32 bits per heavy atom. The Bertz CT molecular complexity index is 1160. The van der Waals surface area contributed by atoms with Crippen molar-refractivity contribution in [2.45, 2.75) is 24.2 Å². The van der Waals surface area contributed by atoms with Crippen molar-refractivity contribution in [3.05, 3.63) is 39.4 Å². The number of halogens is 7. The molecule has 0 fully saturated rings. The van der Waals surface area contributed by atoms with Crippen LogP contribution in [-0.4, -0.2) is 23.6 Å². The van der Waals surface area contributed by atoms with Crippen LogP contribution < -0.4 is 0 Å². The summed E-state index contributed by atoms with van der Waals surface area (Å²) in [6, 6.07) is 2.03. The third-order valence-electron chi connectivity index (χ3n) is 3.80. The molecular weight excluding hydrogens is 498 g/mol. The smallest absolute Gasteiger partial charge is 0.294 e. The summed E-state index contributed by atoms with van der Waals surface area (Å²) in [5, 5.41) is 0. The Balaban J connectivity index is 2.30. The van der Waals surface area contributed by atoms with E-state index in [4.69, 9.17) is 0 Å². The van der Waals surface area contributed by atoms with E-state index in [1.807, 2.05) is 0 Å². The SMILES string of the molecule is CCS(=O)(=O)c1cc(C(F)(F)F)sc1-c1nc2cc(C(F)(F)F)ccn2c1Br. The molecule has 0 amide bonds. The van der Waals surface area contributed by atoms with Gasteiger partial charge in [-0.1, -0.05) is 6.92 Å². The van der Waals surface area contributed by atoms with E-state index in [9.17, 15) is 34.8 Å².